The van der Waals surface area contributed by atoms with Gasteiger partial charge in [-0.15, -0.1) is 0 Å². The highest BCUT2D eigenvalue weighted by Crippen LogP contribution is 2.35. The van der Waals surface area contributed by atoms with E-state index < -0.39 is 21.7 Å². The van der Waals surface area contributed by atoms with Crippen LogP contribution in [0.5, 0.6) is 0 Å². The molecule has 1 saturated heterocycles. The second-order valence-electron chi connectivity index (χ2n) is 10.0. The Morgan fingerprint density at radius 3 is 2.44 bits per heavy atom. The van der Waals surface area contributed by atoms with Crippen molar-refractivity contribution in [1.82, 2.24) is 24.9 Å². The average Bonchev–Trinajstić information content (AvgIpc) is 3.48. The van der Waals surface area contributed by atoms with Crippen molar-refractivity contribution in [3.8, 4) is 11.1 Å². The lowest BCUT2D eigenvalue weighted by molar-refractivity contribution is -0.129. The lowest BCUT2D eigenvalue weighted by Gasteiger charge is -2.27. The fourth-order valence-electron chi connectivity index (χ4n) is 4.79. The third kappa shape index (κ3) is 4.97. The molecule has 10 nitrogen and oxygen atoms in total. The molecule has 0 aliphatic carbocycles. The normalized spacial score (nSPS) is 16.4. The molecule has 1 aromatic heterocycles. The molecule has 3 aromatic rings. The van der Waals surface area contributed by atoms with Gasteiger partial charge in [0, 0.05) is 36.3 Å². The lowest BCUT2D eigenvalue weighted by atomic mass is 9.96. The molecular weight excluding hydrogens is 518 g/mol. The minimum Gasteiger partial charge on any atom is -0.335 e. The number of nitrogens with zero attached hydrogens (tertiary/aromatic N) is 4. The monoisotopic (exact) mass is 547 g/mol. The smallest absolute Gasteiger partial charge is 0.271 e. The molecule has 0 bridgehead atoms. The van der Waals surface area contributed by atoms with Crippen LogP contribution in [0.15, 0.2) is 67.1 Å². The summed E-state index contributed by atoms with van der Waals surface area (Å²) in [5.41, 5.74) is 3.60. The zero-order valence-corrected chi connectivity index (χ0v) is 22.6. The summed E-state index contributed by atoms with van der Waals surface area (Å²) in [6.45, 7) is 11.8. The van der Waals surface area contributed by atoms with Crippen molar-refractivity contribution in [2.24, 2.45) is 0 Å². The van der Waals surface area contributed by atoms with E-state index >= 15 is 0 Å². The van der Waals surface area contributed by atoms with E-state index in [2.05, 4.69) is 37.4 Å². The van der Waals surface area contributed by atoms with Crippen LogP contribution in [-0.2, 0) is 26.0 Å². The molecule has 0 atom stereocenters. The molecule has 1 N–H and O–H groups in total. The standard InChI is InChI=1S/C28H29N5O5S/c1-17(2)33-15-21-14-20(8-9-25(21)30-33)22-6-5-7-23-24(22)16-32(28(23)36)19(4)26(34)29-18(3)27(35)31-10-12-39(37,38)13-11-31/h5-9,14-15,17H,3-4,10-13,16H2,1-2H3,(H,29,34). The van der Waals surface area contributed by atoms with E-state index in [0.717, 1.165) is 27.6 Å². The van der Waals surface area contributed by atoms with Gasteiger partial charge in [-0.25, -0.2) is 8.42 Å². The molecule has 0 spiro atoms. The summed E-state index contributed by atoms with van der Waals surface area (Å²) in [6, 6.07) is 11.6. The SMILES string of the molecule is C=C(NC(=O)C(=C)N1Cc2c(cccc2-c2ccc3nn(C(C)C)cc3c2)C1=O)C(=O)N1CCS(=O)(=O)CC1. The van der Waals surface area contributed by atoms with Crippen LogP contribution < -0.4 is 5.32 Å². The maximum Gasteiger partial charge on any atom is 0.271 e. The van der Waals surface area contributed by atoms with E-state index in [1.807, 2.05) is 35.1 Å². The Morgan fingerprint density at radius 1 is 1.05 bits per heavy atom. The van der Waals surface area contributed by atoms with E-state index in [1.54, 1.807) is 12.1 Å². The highest BCUT2D eigenvalue weighted by atomic mass is 32.2. The fourth-order valence-corrected chi connectivity index (χ4v) is 5.99. The maximum absolute atomic E-state index is 13.3. The Hall–Kier alpha value is -4.25. The van der Waals surface area contributed by atoms with Crippen molar-refractivity contribution in [2.45, 2.75) is 26.4 Å². The van der Waals surface area contributed by atoms with Crippen LogP contribution >= 0.6 is 0 Å². The first-order chi connectivity index (χ1) is 18.4. The molecule has 5 rings (SSSR count). The first kappa shape index (κ1) is 26.4. The summed E-state index contributed by atoms with van der Waals surface area (Å²) < 4.78 is 25.2. The fraction of sp³-hybridized carbons (Fsp3) is 0.286. The first-order valence-electron chi connectivity index (χ1n) is 12.6. The van der Waals surface area contributed by atoms with Crippen molar-refractivity contribution >= 4 is 38.5 Å². The summed E-state index contributed by atoms with van der Waals surface area (Å²) in [6.07, 6.45) is 1.99. The number of hydrogen-bond acceptors (Lipinski definition) is 6. The predicted octanol–water partition coefficient (Wildman–Crippen LogP) is 2.64. The molecule has 2 aromatic carbocycles. The topological polar surface area (TPSA) is 122 Å². The predicted molar refractivity (Wildman–Crippen MR) is 147 cm³/mol. The van der Waals surface area contributed by atoms with Crippen molar-refractivity contribution in [1.29, 1.82) is 0 Å². The molecule has 2 aliphatic rings. The van der Waals surface area contributed by atoms with Gasteiger partial charge in [0.05, 0.1) is 29.3 Å². The zero-order chi connectivity index (χ0) is 28.1. The van der Waals surface area contributed by atoms with E-state index in [9.17, 15) is 22.8 Å². The number of carbonyl (C=O) groups excluding carboxylic acids is 3. The maximum atomic E-state index is 13.3. The number of hydrogen-bond donors (Lipinski definition) is 1. The number of aromatic nitrogens is 2. The Balaban J connectivity index is 1.32. The minimum atomic E-state index is -3.17. The second kappa shape index (κ2) is 9.81. The van der Waals surface area contributed by atoms with E-state index in [-0.39, 0.29) is 54.5 Å². The van der Waals surface area contributed by atoms with Gasteiger partial charge in [-0.1, -0.05) is 31.4 Å². The van der Waals surface area contributed by atoms with Gasteiger partial charge in [-0.05, 0) is 48.7 Å². The summed E-state index contributed by atoms with van der Waals surface area (Å²) in [5, 5.41) is 8.00. The first-order valence-corrected chi connectivity index (χ1v) is 14.4. The molecule has 202 valence electrons. The van der Waals surface area contributed by atoms with Crippen molar-refractivity contribution in [3.63, 3.8) is 0 Å². The van der Waals surface area contributed by atoms with Crippen molar-refractivity contribution < 1.29 is 22.8 Å². The van der Waals surface area contributed by atoms with Gasteiger partial charge in [0.25, 0.3) is 17.7 Å². The molecule has 0 unspecified atom stereocenters. The zero-order valence-electron chi connectivity index (χ0n) is 21.8. The van der Waals surface area contributed by atoms with Gasteiger partial charge in [-0.2, -0.15) is 5.10 Å². The van der Waals surface area contributed by atoms with Gasteiger partial charge in [-0.3, -0.25) is 24.0 Å². The van der Waals surface area contributed by atoms with E-state index in [0.29, 0.717) is 5.56 Å². The number of benzene rings is 2. The summed E-state index contributed by atoms with van der Waals surface area (Å²) >= 11 is 0. The second-order valence-corrected chi connectivity index (χ2v) is 12.3. The summed E-state index contributed by atoms with van der Waals surface area (Å²) in [4.78, 5) is 41.5. The molecule has 0 radical (unpaired) electrons. The van der Waals surface area contributed by atoms with E-state index in [1.165, 1.54) is 9.80 Å². The average molecular weight is 548 g/mol. The number of fused-ring (bicyclic) bond motifs is 2. The van der Waals surface area contributed by atoms with Gasteiger partial charge >= 0.3 is 0 Å². The van der Waals surface area contributed by atoms with Crippen LogP contribution in [0.1, 0.15) is 35.8 Å². The molecule has 0 saturated carbocycles. The molecule has 39 heavy (non-hydrogen) atoms. The highest BCUT2D eigenvalue weighted by molar-refractivity contribution is 7.91. The third-order valence-corrected chi connectivity index (χ3v) is 8.68. The summed E-state index contributed by atoms with van der Waals surface area (Å²) in [5.74, 6) is -1.94. The molecule has 3 amide bonds. The largest absolute Gasteiger partial charge is 0.335 e. The molecular formula is C28H29N5O5S. The quantitative estimate of drug-likeness (QED) is 0.474. The van der Waals surface area contributed by atoms with Crippen LogP contribution in [0.4, 0.5) is 0 Å². The van der Waals surface area contributed by atoms with Gasteiger partial charge in [0.1, 0.15) is 5.70 Å². The molecule has 11 heteroatoms. The Labute approximate surface area is 226 Å². The Morgan fingerprint density at radius 2 is 1.74 bits per heavy atom. The number of sulfone groups is 1. The lowest BCUT2D eigenvalue weighted by Crippen LogP contribution is -2.47. The van der Waals surface area contributed by atoms with Crippen LogP contribution in [-0.4, -0.2) is 70.3 Å². The van der Waals surface area contributed by atoms with Gasteiger partial charge in [0.15, 0.2) is 9.84 Å². The Bertz CT molecular complexity index is 1660. The number of amides is 3. The Kier molecular flexibility index (Phi) is 6.63. The van der Waals surface area contributed by atoms with Crippen LogP contribution in [0.3, 0.4) is 0 Å². The van der Waals surface area contributed by atoms with Gasteiger partial charge < -0.3 is 10.2 Å². The highest BCUT2D eigenvalue weighted by Gasteiger charge is 2.34. The van der Waals surface area contributed by atoms with Crippen LogP contribution in [0.25, 0.3) is 22.0 Å². The third-order valence-electron chi connectivity index (χ3n) is 7.07. The van der Waals surface area contributed by atoms with Crippen LogP contribution in [0, 0.1) is 0 Å². The number of carbonyl (C=O) groups is 3. The molecule has 1 fully saturated rings. The minimum absolute atomic E-state index is 0.0315. The van der Waals surface area contributed by atoms with Crippen molar-refractivity contribution in [3.05, 3.63) is 78.3 Å². The van der Waals surface area contributed by atoms with E-state index in [4.69, 9.17) is 0 Å². The molecule has 3 heterocycles. The number of rotatable bonds is 6. The van der Waals surface area contributed by atoms with Gasteiger partial charge in [0.2, 0.25) is 0 Å². The van der Waals surface area contributed by atoms with Crippen LogP contribution in [0.2, 0.25) is 0 Å². The number of nitrogens with one attached hydrogen (secondary N) is 1. The summed E-state index contributed by atoms with van der Waals surface area (Å²) in [7, 11) is -3.17. The molecule has 2 aliphatic heterocycles. The van der Waals surface area contributed by atoms with Crippen molar-refractivity contribution in [2.75, 3.05) is 24.6 Å².